The first-order chi connectivity index (χ1) is 54.0. The third-order valence-corrected chi connectivity index (χ3v) is 27.4. The molecule has 7 aliphatic heterocycles. The van der Waals surface area contributed by atoms with E-state index in [4.69, 9.17) is 37.6 Å². The summed E-state index contributed by atoms with van der Waals surface area (Å²) in [4.78, 5) is 95.7. The molecule has 6 saturated carbocycles. The van der Waals surface area contributed by atoms with Gasteiger partial charge in [-0.15, -0.1) is 13.2 Å². The number of allylic oxidation sites excluding steroid dienone is 2. The van der Waals surface area contributed by atoms with Crippen LogP contribution in [0.2, 0.25) is 0 Å². The van der Waals surface area contributed by atoms with Gasteiger partial charge in [-0.3, -0.25) is 19.4 Å². The molecule has 4 aromatic rings. The second kappa shape index (κ2) is 36.5. The Labute approximate surface area is 678 Å². The molecule has 10 fully saturated rings. The molecule has 17 rings (SSSR count). The minimum atomic E-state index is -0.879. The fraction of sp³-hybridized carbons (Fsp3) is 0.600. The van der Waals surface area contributed by atoms with Gasteiger partial charge in [-0.25, -0.2) is 19.2 Å². The van der Waals surface area contributed by atoms with E-state index in [1.54, 1.807) is 49.7 Å². The number of nitrogens with one attached hydrogen (secondary N) is 2. The number of fused-ring (bicyclic) bond motifs is 3. The van der Waals surface area contributed by atoms with Crippen molar-refractivity contribution in [1.29, 1.82) is 0 Å². The van der Waals surface area contributed by atoms with Gasteiger partial charge in [0.15, 0.2) is 0 Å². The molecule has 0 aromatic heterocycles. The number of hydrogen-bond acceptors (Lipinski definition) is 14. The molecular weight excluding hydrogens is 1440 g/mol. The first kappa shape index (κ1) is 85.1. The van der Waals surface area contributed by atoms with Gasteiger partial charge < -0.3 is 67.8 Å². The predicted octanol–water partition coefficient (Wildman–Crippen LogP) is 15.8. The summed E-state index contributed by atoms with van der Waals surface area (Å²) in [5.74, 6) is 2.11. The Kier molecular flexibility index (Phi) is 27.2. The molecule has 4 bridgehead atoms. The number of ether oxygens (including phenoxy) is 4. The second-order valence-corrected chi connectivity index (χ2v) is 35.0. The molecule has 4 aromatic carbocycles. The molecule has 0 radical (unpaired) electrons. The number of likely N-dealkylation sites (tertiary alicyclic amines) is 1. The molecule has 22 nitrogen and oxygen atoms in total. The SMILES string of the molecule is C.C.C=CCCCCCC[C@H](NC(=O)[C@@H]1C[C@@H](OC(=O)N2Cc3ccccc3C2)CN1C(=O)N(CC=C)Cc1ccc(OC)cc1)B1OC2C[C@H]3C[C@H](C3(C)C)[C@@]2(C)O1.COc1ccc(CN2C/C=C/CCCCCC[C@@H](B3OC4C[C@H]5C[C@H](C5(C)C)[C@@]4(C)O3)NC(=O)[C@@H]3C[C@@H](OC(=O)N4Cc5ccccc5C4)CN3C2=O)cc1. The number of nitrogens with zero attached hydrogens (tertiary/aromatic N) is 6. The van der Waals surface area contributed by atoms with E-state index >= 15 is 0 Å². The van der Waals surface area contributed by atoms with Gasteiger partial charge in [0.2, 0.25) is 11.8 Å². The van der Waals surface area contributed by atoms with E-state index in [9.17, 15) is 28.8 Å². The molecule has 616 valence electrons. The molecule has 2 N–H and O–H groups in total. The first-order valence-corrected chi connectivity index (χ1v) is 41.5. The van der Waals surface area contributed by atoms with Crippen LogP contribution in [0.25, 0.3) is 0 Å². The second-order valence-electron chi connectivity index (χ2n) is 35.0. The van der Waals surface area contributed by atoms with E-state index in [1.807, 2.05) is 103 Å². The van der Waals surface area contributed by atoms with Crippen molar-refractivity contribution in [2.75, 3.05) is 40.4 Å². The molecule has 2 unspecified atom stereocenters. The topological polar surface area (TPSA) is 220 Å². The van der Waals surface area contributed by atoms with Crippen molar-refractivity contribution < 1.29 is 66.3 Å². The molecular formula is C90H126B2N8O14. The van der Waals surface area contributed by atoms with Gasteiger partial charge in [0.1, 0.15) is 35.8 Å². The molecule has 6 aliphatic carbocycles. The Morgan fingerprint density at radius 2 is 1.19 bits per heavy atom. The number of methoxy groups -OCH3 is 2. The van der Waals surface area contributed by atoms with Crippen molar-refractivity contribution in [3.8, 4) is 11.5 Å². The van der Waals surface area contributed by atoms with Gasteiger partial charge in [0, 0.05) is 65.2 Å². The first-order valence-electron chi connectivity index (χ1n) is 41.5. The van der Waals surface area contributed by atoms with Crippen LogP contribution in [0.5, 0.6) is 11.5 Å². The van der Waals surface area contributed by atoms with Gasteiger partial charge in [-0.2, -0.15) is 0 Å². The Morgan fingerprint density at radius 1 is 0.640 bits per heavy atom. The lowest BCUT2D eigenvalue weighted by Gasteiger charge is -2.64. The van der Waals surface area contributed by atoms with Crippen LogP contribution in [-0.2, 0) is 76.9 Å². The average Bonchev–Trinajstić information content (AvgIpc) is 1.42. The zero-order valence-corrected chi connectivity index (χ0v) is 67.2. The van der Waals surface area contributed by atoms with Gasteiger partial charge >= 0.3 is 38.5 Å². The Balaban J connectivity index is 0.000000207. The lowest BCUT2D eigenvalue weighted by Crippen LogP contribution is -2.65. The average molecular weight is 1570 g/mol. The maximum Gasteiger partial charge on any atom is 0.481 e. The minimum absolute atomic E-state index is 0. The molecule has 0 spiro atoms. The van der Waals surface area contributed by atoms with E-state index in [0.29, 0.717) is 82.3 Å². The summed E-state index contributed by atoms with van der Waals surface area (Å²) < 4.78 is 50.2. The fourth-order valence-corrected chi connectivity index (χ4v) is 20.4. The zero-order chi connectivity index (χ0) is 78.6. The van der Waals surface area contributed by atoms with Crippen molar-refractivity contribution in [3.63, 3.8) is 0 Å². The van der Waals surface area contributed by atoms with Crippen LogP contribution in [0.3, 0.4) is 0 Å². The third-order valence-electron chi connectivity index (χ3n) is 27.4. The number of carbonyl (C=O) groups excluding carboxylic acids is 6. The van der Waals surface area contributed by atoms with Crippen LogP contribution in [0, 0.1) is 34.5 Å². The van der Waals surface area contributed by atoms with E-state index < -0.39 is 67.9 Å². The van der Waals surface area contributed by atoms with Crippen LogP contribution in [-0.4, -0.2) is 180 Å². The molecule has 114 heavy (non-hydrogen) atoms. The maximum atomic E-state index is 14.7. The predicted molar refractivity (Wildman–Crippen MR) is 442 cm³/mol. The quantitative estimate of drug-likeness (QED) is 0.0450. The number of carbonyl (C=O) groups is 6. The van der Waals surface area contributed by atoms with Crippen molar-refractivity contribution in [1.82, 2.24) is 40.0 Å². The highest BCUT2D eigenvalue weighted by molar-refractivity contribution is 6.48. The molecule has 14 atom stereocenters. The molecule has 13 aliphatic rings. The molecule has 7 heterocycles. The Bertz CT molecular complexity index is 4020. The molecule has 24 heteroatoms. The van der Waals surface area contributed by atoms with E-state index in [1.165, 1.54) is 0 Å². The lowest BCUT2D eigenvalue weighted by molar-refractivity contribution is -0.199. The van der Waals surface area contributed by atoms with Crippen LogP contribution in [0.4, 0.5) is 19.2 Å². The van der Waals surface area contributed by atoms with Crippen molar-refractivity contribution in [2.24, 2.45) is 34.5 Å². The monoisotopic (exact) mass is 1560 g/mol. The number of hydrogen-bond donors (Lipinski definition) is 2. The Morgan fingerprint density at radius 3 is 1.76 bits per heavy atom. The standard InChI is InChI=1S/C45H61BN4O7.C43H57BN4O7.2CH4/c1-7-9-10-11-12-13-18-40(46-56-39-25-34-24-38(44(34,3)4)45(39,5)57-46)47-41(51)37-26-36(55-43(53)49-28-32-16-14-15-17-33(32)29-49)30-50(37)42(52)48(23-8-2)27-31-19-21-35(54-6)22-20-31;1-42(2)32-22-36(42)43(3)37(23-32)54-44(55-43)38-16-10-8-6-5-7-9-13-21-46(25-29-17-19-33(52-4)20-18-29)40(50)48-28-34(24-35(48)39(49)45-38)53-41(51)47-26-30-14-11-12-15-31(30)27-47;;/h7-8,14-17,19-22,34,36-40H,1-2,9-13,18,23-30H2,3-6H3,(H,47,51);9,11-15,17-20,32,34-38H,5-8,10,16,21-28H2,1-4H3,(H,45,49);2*1H4/b;13-9+;;/t34-,36-,37+,38-,39?,40+,45-;32-,34-,35+,36-,37?,38+,43-;;/m11../s1. The zero-order valence-electron chi connectivity index (χ0n) is 67.2. The van der Waals surface area contributed by atoms with E-state index in [0.717, 1.165) is 135 Å². The number of benzene rings is 4. The summed E-state index contributed by atoms with van der Waals surface area (Å²) >= 11 is 0. The summed E-state index contributed by atoms with van der Waals surface area (Å²) in [5, 5.41) is 6.68. The highest BCUT2D eigenvalue weighted by Gasteiger charge is 2.70. The van der Waals surface area contributed by atoms with Crippen molar-refractivity contribution in [2.45, 2.75) is 271 Å². The van der Waals surface area contributed by atoms with Crippen LogP contribution < -0.4 is 20.1 Å². The summed E-state index contributed by atoms with van der Waals surface area (Å²) in [5.41, 5.74) is 5.79. The number of urea groups is 2. The number of amides is 8. The number of rotatable bonds is 21. The summed E-state index contributed by atoms with van der Waals surface area (Å²) in [6, 6.07) is 28.9. The summed E-state index contributed by atoms with van der Waals surface area (Å²) in [6.07, 6.45) is 21.7. The largest absolute Gasteiger partial charge is 0.497 e. The van der Waals surface area contributed by atoms with Crippen LogP contribution in [0.15, 0.2) is 135 Å². The summed E-state index contributed by atoms with van der Waals surface area (Å²) in [7, 11) is 2.07. The van der Waals surface area contributed by atoms with Gasteiger partial charge in [0.05, 0.1) is 62.6 Å². The molecule has 4 saturated heterocycles. The van der Waals surface area contributed by atoms with Gasteiger partial charge in [-0.05, 0) is 170 Å². The minimum Gasteiger partial charge on any atom is -0.497 e. The fourth-order valence-electron chi connectivity index (χ4n) is 20.4. The van der Waals surface area contributed by atoms with Crippen LogP contribution >= 0.6 is 0 Å². The van der Waals surface area contributed by atoms with Crippen LogP contribution in [0.1, 0.15) is 205 Å². The smallest absolute Gasteiger partial charge is 0.481 e. The van der Waals surface area contributed by atoms with Crippen molar-refractivity contribution in [3.05, 3.63) is 168 Å². The highest BCUT2D eigenvalue weighted by atomic mass is 16.7. The van der Waals surface area contributed by atoms with Crippen molar-refractivity contribution >= 4 is 50.3 Å². The van der Waals surface area contributed by atoms with E-state index in [2.05, 4.69) is 77.5 Å². The highest BCUT2D eigenvalue weighted by Crippen LogP contribution is 2.67. The number of unbranched alkanes of at least 4 members (excludes halogenated alkanes) is 4. The maximum absolute atomic E-state index is 14.7. The van der Waals surface area contributed by atoms with Gasteiger partial charge in [-0.1, -0.05) is 178 Å². The summed E-state index contributed by atoms with van der Waals surface area (Å²) in [6.45, 7) is 24.9. The normalized spacial score (nSPS) is 29.3. The third kappa shape index (κ3) is 18.0. The Hall–Kier alpha value is -8.31. The molecule has 8 amide bonds. The van der Waals surface area contributed by atoms with Gasteiger partial charge in [0.25, 0.3) is 0 Å². The lowest BCUT2D eigenvalue weighted by atomic mass is 9.43. The van der Waals surface area contributed by atoms with E-state index in [-0.39, 0.29) is 100 Å².